The monoisotopic (exact) mass is 246 g/mol. The van der Waals surface area contributed by atoms with Gasteiger partial charge in [0.15, 0.2) is 0 Å². The quantitative estimate of drug-likeness (QED) is 0.674. The van der Waals surface area contributed by atoms with Crippen LogP contribution in [-0.4, -0.2) is 21.4 Å². The maximum Gasteiger partial charge on any atom is 0.458 e. The van der Waals surface area contributed by atoms with Gasteiger partial charge in [-0.15, -0.1) is 0 Å². The van der Waals surface area contributed by atoms with E-state index >= 15 is 0 Å². The fraction of sp³-hybridized carbons (Fsp3) is 0.500. The first-order chi connectivity index (χ1) is 8.80. The van der Waals surface area contributed by atoms with Crippen molar-refractivity contribution < 1.29 is 13.7 Å². The van der Waals surface area contributed by atoms with Crippen LogP contribution in [0.3, 0.4) is 0 Å². The van der Waals surface area contributed by atoms with E-state index in [1.165, 1.54) is 0 Å². The summed E-state index contributed by atoms with van der Waals surface area (Å²) >= 11 is 0. The van der Waals surface area contributed by atoms with Crippen LogP contribution < -0.4 is 0 Å². The second kappa shape index (κ2) is 9.25. The number of allylic oxidation sites excluding steroid dienone is 3. The van der Waals surface area contributed by atoms with Crippen molar-refractivity contribution >= 4 is 21.4 Å². The van der Waals surface area contributed by atoms with Gasteiger partial charge in [-0.3, -0.25) is 0 Å². The molecule has 18 heavy (non-hydrogen) atoms. The first kappa shape index (κ1) is 15.4. The zero-order chi connectivity index (χ0) is 13.2. The molecule has 0 N–H and O–H groups in total. The molecule has 1 rings (SSSR count). The van der Waals surface area contributed by atoms with Crippen molar-refractivity contribution in [2.45, 2.75) is 40.0 Å². The van der Waals surface area contributed by atoms with Crippen LogP contribution in [0.1, 0.15) is 40.0 Å². The fourth-order valence-electron chi connectivity index (χ4n) is 1.51. The van der Waals surface area contributed by atoms with Crippen molar-refractivity contribution in [1.82, 2.24) is 0 Å². The minimum absolute atomic E-state index is 0.336. The number of rotatable bonds is 6. The zero-order valence-corrected chi connectivity index (χ0v) is 11.5. The van der Waals surface area contributed by atoms with Gasteiger partial charge >= 0.3 is 21.4 Å². The van der Waals surface area contributed by atoms with E-state index in [-0.39, 0.29) is 21.4 Å². The van der Waals surface area contributed by atoms with Crippen molar-refractivity contribution in [2.24, 2.45) is 0 Å². The van der Waals surface area contributed by atoms with Gasteiger partial charge in [-0.25, -0.2) is 0 Å². The van der Waals surface area contributed by atoms with Gasteiger partial charge in [-0.05, 0) is 19.3 Å². The lowest BCUT2D eigenvalue weighted by Crippen LogP contribution is -2.47. The van der Waals surface area contributed by atoms with Crippen LogP contribution >= 0.6 is 0 Å². The SMILES string of the molecule is CCC=CB1OB(C=CCC)OB(C=CCC)O1. The summed E-state index contributed by atoms with van der Waals surface area (Å²) in [5.74, 6) is 5.80. The van der Waals surface area contributed by atoms with Crippen molar-refractivity contribution in [3.05, 3.63) is 36.2 Å². The fourth-order valence-corrected chi connectivity index (χ4v) is 1.51. The Kier molecular flexibility index (Phi) is 7.89. The standard InChI is InChI=1S/C12H21B3O3/c1-4-7-10-13-16-14(11-8-5-2)18-15(17-13)12-9-6-3/h7-12H,4-6H2,1-3H3. The first-order valence-corrected chi connectivity index (χ1v) is 6.76. The Morgan fingerprint density at radius 1 is 0.611 bits per heavy atom. The maximum absolute atomic E-state index is 5.65. The van der Waals surface area contributed by atoms with E-state index in [1.807, 2.05) is 36.2 Å². The summed E-state index contributed by atoms with van der Waals surface area (Å²) in [6.45, 7) is 6.25. The van der Waals surface area contributed by atoms with E-state index in [0.717, 1.165) is 19.3 Å². The molecule has 0 aliphatic carbocycles. The highest BCUT2D eigenvalue weighted by Gasteiger charge is 2.36. The Bertz CT molecular complexity index is 251. The normalized spacial score (nSPS) is 17.8. The highest BCUT2D eigenvalue weighted by Crippen LogP contribution is 2.11. The molecule has 0 spiro atoms. The molecular formula is C12H21B3O3. The summed E-state index contributed by atoms with van der Waals surface area (Å²) in [6.07, 6.45) is 9.02. The molecule has 0 amide bonds. The zero-order valence-electron chi connectivity index (χ0n) is 11.5. The highest BCUT2D eigenvalue weighted by atomic mass is 16.7. The Morgan fingerprint density at radius 2 is 0.889 bits per heavy atom. The topological polar surface area (TPSA) is 27.7 Å². The lowest BCUT2D eigenvalue weighted by molar-refractivity contribution is 0.305. The van der Waals surface area contributed by atoms with Crippen LogP contribution in [0.4, 0.5) is 0 Å². The predicted octanol–water partition coefficient (Wildman–Crippen LogP) is 3.03. The Hall–Kier alpha value is -0.705. The van der Waals surface area contributed by atoms with Crippen LogP contribution in [0, 0.1) is 0 Å². The second-order valence-corrected chi connectivity index (χ2v) is 4.02. The third-order valence-corrected chi connectivity index (χ3v) is 2.39. The number of hydrogen-bond donors (Lipinski definition) is 0. The minimum atomic E-state index is -0.336. The van der Waals surface area contributed by atoms with E-state index < -0.39 is 0 Å². The second-order valence-electron chi connectivity index (χ2n) is 4.02. The molecule has 0 bridgehead atoms. The molecule has 6 heteroatoms. The van der Waals surface area contributed by atoms with Gasteiger partial charge in [0.1, 0.15) is 0 Å². The van der Waals surface area contributed by atoms with Gasteiger partial charge in [0, 0.05) is 0 Å². The molecule has 0 aromatic carbocycles. The van der Waals surface area contributed by atoms with Gasteiger partial charge < -0.3 is 13.7 Å². The third kappa shape index (κ3) is 5.76. The largest absolute Gasteiger partial charge is 0.458 e. The first-order valence-electron chi connectivity index (χ1n) is 6.76. The van der Waals surface area contributed by atoms with Gasteiger partial charge in [-0.1, -0.05) is 56.9 Å². The van der Waals surface area contributed by atoms with E-state index in [4.69, 9.17) is 13.7 Å². The van der Waals surface area contributed by atoms with E-state index in [2.05, 4.69) is 20.8 Å². The summed E-state index contributed by atoms with van der Waals surface area (Å²) in [7, 11) is -1.01. The van der Waals surface area contributed by atoms with Crippen LogP contribution in [0.2, 0.25) is 0 Å². The molecule has 1 fully saturated rings. The molecule has 1 saturated heterocycles. The Balaban J connectivity index is 2.62. The molecule has 0 aromatic rings. The Labute approximate surface area is 112 Å². The molecule has 1 aliphatic rings. The van der Waals surface area contributed by atoms with E-state index in [0.29, 0.717) is 0 Å². The summed E-state index contributed by atoms with van der Waals surface area (Å²) in [5.41, 5.74) is 0. The maximum atomic E-state index is 5.65. The number of hydrogen-bond acceptors (Lipinski definition) is 3. The van der Waals surface area contributed by atoms with Crippen LogP contribution in [0.15, 0.2) is 36.2 Å². The van der Waals surface area contributed by atoms with Crippen LogP contribution in [-0.2, 0) is 13.7 Å². The molecule has 96 valence electrons. The Morgan fingerprint density at radius 3 is 1.11 bits per heavy atom. The molecule has 3 nitrogen and oxygen atoms in total. The molecule has 0 unspecified atom stereocenters. The molecular weight excluding hydrogens is 225 g/mol. The molecule has 1 heterocycles. The lowest BCUT2D eigenvalue weighted by atomic mass is 9.69. The summed E-state index contributed by atoms with van der Waals surface area (Å²) in [6, 6.07) is 0. The average Bonchev–Trinajstić information content (AvgIpc) is 2.40. The van der Waals surface area contributed by atoms with Crippen LogP contribution in [0.25, 0.3) is 0 Å². The minimum Gasteiger partial charge on any atom is -0.445 e. The summed E-state index contributed by atoms with van der Waals surface area (Å²) < 4.78 is 16.9. The summed E-state index contributed by atoms with van der Waals surface area (Å²) in [4.78, 5) is 0. The van der Waals surface area contributed by atoms with Crippen molar-refractivity contribution in [3.63, 3.8) is 0 Å². The highest BCUT2D eigenvalue weighted by molar-refractivity contribution is 6.78. The predicted molar refractivity (Wildman–Crippen MR) is 78.8 cm³/mol. The van der Waals surface area contributed by atoms with Gasteiger partial charge in [-0.2, -0.15) is 0 Å². The van der Waals surface area contributed by atoms with Crippen molar-refractivity contribution in [1.29, 1.82) is 0 Å². The smallest absolute Gasteiger partial charge is 0.445 e. The van der Waals surface area contributed by atoms with Gasteiger partial charge in [0.2, 0.25) is 0 Å². The molecule has 1 aliphatic heterocycles. The van der Waals surface area contributed by atoms with E-state index in [9.17, 15) is 0 Å². The van der Waals surface area contributed by atoms with Gasteiger partial charge in [0.05, 0.1) is 0 Å². The van der Waals surface area contributed by atoms with Crippen molar-refractivity contribution in [3.8, 4) is 0 Å². The molecule has 0 radical (unpaired) electrons. The lowest BCUT2D eigenvalue weighted by Gasteiger charge is -2.26. The third-order valence-electron chi connectivity index (χ3n) is 2.39. The molecule has 0 atom stereocenters. The van der Waals surface area contributed by atoms with Crippen LogP contribution in [0.5, 0.6) is 0 Å². The average molecular weight is 246 g/mol. The van der Waals surface area contributed by atoms with E-state index in [1.54, 1.807) is 0 Å². The summed E-state index contributed by atoms with van der Waals surface area (Å²) in [5, 5.41) is 0. The molecule has 0 aromatic heterocycles. The van der Waals surface area contributed by atoms with Crippen molar-refractivity contribution in [2.75, 3.05) is 0 Å². The van der Waals surface area contributed by atoms with Gasteiger partial charge in [0.25, 0.3) is 0 Å². The molecule has 0 saturated carbocycles.